The van der Waals surface area contributed by atoms with Crippen molar-refractivity contribution >= 4 is 35.0 Å². The van der Waals surface area contributed by atoms with Crippen molar-refractivity contribution in [2.75, 3.05) is 42.3 Å². The molecule has 5 aliphatic rings. The van der Waals surface area contributed by atoms with Gasteiger partial charge in [0.2, 0.25) is 11.9 Å². The number of carbonyl (C=O) groups is 2. The van der Waals surface area contributed by atoms with E-state index in [0.29, 0.717) is 41.6 Å². The van der Waals surface area contributed by atoms with Gasteiger partial charge in [0.05, 0.1) is 11.9 Å². The van der Waals surface area contributed by atoms with E-state index in [9.17, 15) is 9.59 Å². The van der Waals surface area contributed by atoms with E-state index in [1.807, 2.05) is 19.2 Å². The van der Waals surface area contributed by atoms with Gasteiger partial charge in [0.1, 0.15) is 23.1 Å². The molecular weight excluding hydrogens is 554 g/mol. The number of benzene rings is 1. The molecule has 0 spiro atoms. The van der Waals surface area contributed by atoms with Gasteiger partial charge in [-0.15, -0.1) is 0 Å². The third-order valence-corrected chi connectivity index (χ3v) is 10.7. The number of amides is 2. The van der Waals surface area contributed by atoms with Gasteiger partial charge in [-0.1, -0.05) is 19.8 Å². The molecule has 7 rings (SSSR count). The van der Waals surface area contributed by atoms with E-state index in [-0.39, 0.29) is 23.9 Å². The predicted molar refractivity (Wildman–Crippen MR) is 172 cm³/mol. The summed E-state index contributed by atoms with van der Waals surface area (Å²) >= 11 is 0. The highest BCUT2D eigenvalue weighted by Gasteiger charge is 2.42. The van der Waals surface area contributed by atoms with Crippen molar-refractivity contribution in [3.63, 3.8) is 0 Å². The first-order valence-corrected chi connectivity index (χ1v) is 16.7. The van der Waals surface area contributed by atoms with E-state index in [1.165, 1.54) is 19.3 Å². The van der Waals surface area contributed by atoms with Crippen LogP contribution in [0.2, 0.25) is 0 Å². The Morgan fingerprint density at radius 1 is 1.11 bits per heavy atom. The Kier molecular flexibility index (Phi) is 7.46. The molecule has 1 aromatic carbocycles. The molecule has 1 aromatic heterocycles. The summed E-state index contributed by atoms with van der Waals surface area (Å²) in [7, 11) is 4.02. The molecule has 4 atom stereocenters. The van der Waals surface area contributed by atoms with E-state index in [0.717, 1.165) is 67.9 Å². The number of nitrogens with zero attached hydrogens (tertiary/aromatic N) is 5. The molecule has 3 aliphatic heterocycles. The van der Waals surface area contributed by atoms with E-state index in [4.69, 9.17) is 9.72 Å². The maximum atomic E-state index is 13.7. The van der Waals surface area contributed by atoms with Crippen LogP contribution < -0.4 is 25.2 Å². The van der Waals surface area contributed by atoms with Gasteiger partial charge in [0.25, 0.3) is 5.91 Å². The molecule has 2 N–H and O–H groups in total. The highest BCUT2D eigenvalue weighted by atomic mass is 16.5. The second-order valence-corrected chi connectivity index (χ2v) is 14.4. The molecule has 0 bridgehead atoms. The Balaban J connectivity index is 1.16. The molecule has 3 fully saturated rings. The van der Waals surface area contributed by atoms with Crippen LogP contribution in [0.15, 0.2) is 18.3 Å². The lowest BCUT2D eigenvalue weighted by atomic mass is 9.89. The van der Waals surface area contributed by atoms with Crippen LogP contribution in [0.25, 0.3) is 0 Å². The first kappa shape index (κ1) is 29.3. The van der Waals surface area contributed by atoms with Gasteiger partial charge in [-0.2, -0.15) is 4.98 Å². The summed E-state index contributed by atoms with van der Waals surface area (Å²) in [5, 5.41) is 6.81. The number of nitrogens with one attached hydrogen (secondary N) is 2. The average Bonchev–Trinajstić information content (AvgIpc) is 3.73. The van der Waals surface area contributed by atoms with Gasteiger partial charge in [0.15, 0.2) is 5.82 Å². The molecule has 0 unspecified atom stereocenters. The van der Waals surface area contributed by atoms with E-state index in [2.05, 4.69) is 53.2 Å². The third kappa shape index (κ3) is 5.18. The Hall–Kier alpha value is -3.40. The number of hydrogen-bond donors (Lipinski definition) is 2. The van der Waals surface area contributed by atoms with Gasteiger partial charge in [0, 0.05) is 43.2 Å². The number of carbonyl (C=O) groups excluding carboxylic acids is 2. The van der Waals surface area contributed by atoms with Crippen LogP contribution in [-0.4, -0.2) is 77.6 Å². The summed E-state index contributed by atoms with van der Waals surface area (Å²) in [5.41, 5.74) is 2.67. The standard InChI is InChI=1S/C34H47N7O3/c1-6-27-32(43)40(5)28-18-35-33(38-30(28)41(27)23-9-7-8-10-23)37-26-12-11-24(25-17-34(2,3)44-29(25)26)31(42)36-22-15-20-13-14-39(4)19-21(20)16-22/h11-12,18,20-23,27H,6-10,13-17,19H2,1-5H3,(H,36,42)(H,35,37,38)/t20-,21-,22+,27-/m1/s1. The minimum Gasteiger partial charge on any atom is -0.485 e. The minimum absolute atomic E-state index is 0.0124. The van der Waals surface area contributed by atoms with Crippen LogP contribution >= 0.6 is 0 Å². The molecule has 236 valence electrons. The molecule has 1 saturated heterocycles. The lowest BCUT2D eigenvalue weighted by molar-refractivity contribution is -0.120. The van der Waals surface area contributed by atoms with Crippen LogP contribution in [0, 0.1) is 11.8 Å². The van der Waals surface area contributed by atoms with Crippen molar-refractivity contribution in [2.45, 2.75) is 102 Å². The van der Waals surface area contributed by atoms with Crippen molar-refractivity contribution in [3.05, 3.63) is 29.5 Å². The number of rotatable bonds is 6. The number of anilines is 4. The van der Waals surface area contributed by atoms with Crippen LogP contribution in [0.3, 0.4) is 0 Å². The molecule has 2 amide bonds. The predicted octanol–water partition coefficient (Wildman–Crippen LogP) is 4.90. The number of likely N-dealkylation sites (N-methyl/N-ethyl adjacent to an activating group) is 1. The fraction of sp³-hybridized carbons (Fsp3) is 0.647. The summed E-state index contributed by atoms with van der Waals surface area (Å²) in [4.78, 5) is 43.0. The smallest absolute Gasteiger partial charge is 0.251 e. The largest absolute Gasteiger partial charge is 0.485 e. The topological polar surface area (TPSA) is 103 Å². The first-order chi connectivity index (χ1) is 21.1. The molecule has 10 heteroatoms. The molecule has 4 heterocycles. The lowest BCUT2D eigenvalue weighted by Crippen LogP contribution is -2.55. The number of likely N-dealkylation sites (tertiary alicyclic amines) is 1. The highest BCUT2D eigenvalue weighted by Crippen LogP contribution is 2.45. The molecule has 10 nitrogen and oxygen atoms in total. The molecule has 44 heavy (non-hydrogen) atoms. The van der Waals surface area contributed by atoms with Crippen LogP contribution in [0.1, 0.15) is 88.1 Å². The van der Waals surface area contributed by atoms with Crippen molar-refractivity contribution in [3.8, 4) is 5.75 Å². The second-order valence-electron chi connectivity index (χ2n) is 14.4. The zero-order valence-corrected chi connectivity index (χ0v) is 26.9. The van der Waals surface area contributed by atoms with Crippen molar-refractivity contribution in [2.24, 2.45) is 11.8 Å². The van der Waals surface area contributed by atoms with Crippen molar-refractivity contribution in [1.29, 1.82) is 0 Å². The van der Waals surface area contributed by atoms with E-state index in [1.54, 1.807) is 11.1 Å². The Morgan fingerprint density at radius 3 is 2.66 bits per heavy atom. The Morgan fingerprint density at radius 2 is 1.89 bits per heavy atom. The first-order valence-electron chi connectivity index (χ1n) is 16.7. The number of hydrogen-bond acceptors (Lipinski definition) is 8. The fourth-order valence-corrected chi connectivity index (χ4v) is 8.58. The Labute approximate surface area is 260 Å². The summed E-state index contributed by atoms with van der Waals surface area (Å²) in [6, 6.07) is 4.13. The normalized spacial score (nSPS) is 28.0. The molecule has 2 aromatic rings. The van der Waals surface area contributed by atoms with Crippen LogP contribution in [-0.2, 0) is 11.2 Å². The number of aromatic nitrogens is 2. The molecule has 2 aliphatic carbocycles. The molecule has 2 saturated carbocycles. The van der Waals surface area contributed by atoms with Gasteiger partial charge in [-0.05, 0) is 89.9 Å². The van der Waals surface area contributed by atoms with Gasteiger partial charge in [-0.3, -0.25) is 9.59 Å². The summed E-state index contributed by atoms with van der Waals surface area (Å²) in [6.07, 6.45) is 11.0. The average molecular weight is 602 g/mol. The van der Waals surface area contributed by atoms with Crippen LogP contribution in [0.5, 0.6) is 5.75 Å². The summed E-state index contributed by atoms with van der Waals surface area (Å²) < 4.78 is 6.46. The zero-order chi connectivity index (χ0) is 30.7. The zero-order valence-electron chi connectivity index (χ0n) is 26.9. The SMILES string of the molecule is CC[C@@H]1C(=O)N(C)c2cnc(Nc3ccc(C(=O)N[C@H]4C[C@H]5CCN(C)C[C@H]5C4)c4c3OC(C)(C)C4)nc2N1C1CCCC1. The van der Waals surface area contributed by atoms with Crippen LogP contribution in [0.4, 0.5) is 23.1 Å². The molecule has 0 radical (unpaired) electrons. The number of piperidine rings is 1. The second kappa shape index (κ2) is 11.2. The number of fused-ring (bicyclic) bond motifs is 3. The quantitative estimate of drug-likeness (QED) is 0.482. The van der Waals surface area contributed by atoms with Gasteiger partial charge >= 0.3 is 0 Å². The minimum atomic E-state index is -0.435. The third-order valence-electron chi connectivity index (χ3n) is 10.7. The van der Waals surface area contributed by atoms with Gasteiger partial charge in [-0.25, -0.2) is 4.98 Å². The van der Waals surface area contributed by atoms with Gasteiger partial charge < -0.3 is 30.1 Å². The Bertz CT molecular complexity index is 1450. The van der Waals surface area contributed by atoms with E-state index < -0.39 is 5.60 Å². The van der Waals surface area contributed by atoms with E-state index >= 15 is 0 Å². The lowest BCUT2D eigenvalue weighted by Gasteiger charge is -2.43. The maximum absolute atomic E-state index is 13.7. The summed E-state index contributed by atoms with van der Waals surface area (Å²) in [5.74, 6) is 3.42. The maximum Gasteiger partial charge on any atom is 0.251 e. The summed E-state index contributed by atoms with van der Waals surface area (Å²) in [6.45, 7) is 8.47. The number of ether oxygens (including phenoxy) is 1. The monoisotopic (exact) mass is 601 g/mol. The molecular formula is C34H47N7O3. The van der Waals surface area contributed by atoms with Crippen molar-refractivity contribution in [1.82, 2.24) is 20.2 Å². The highest BCUT2D eigenvalue weighted by molar-refractivity contribution is 6.04. The fourth-order valence-electron chi connectivity index (χ4n) is 8.58. The van der Waals surface area contributed by atoms with Crippen molar-refractivity contribution < 1.29 is 14.3 Å².